The molecule has 6 heteroatoms. The van der Waals surface area contributed by atoms with Crippen molar-refractivity contribution in [3.8, 4) is 0 Å². The van der Waals surface area contributed by atoms with Crippen LogP contribution < -0.4 is 10.6 Å². The molecule has 0 unspecified atom stereocenters. The van der Waals surface area contributed by atoms with E-state index in [0.717, 1.165) is 11.3 Å². The highest BCUT2D eigenvalue weighted by Crippen LogP contribution is 2.09. The Morgan fingerprint density at radius 2 is 2.00 bits per heavy atom. The summed E-state index contributed by atoms with van der Waals surface area (Å²) in [7, 11) is 0. The van der Waals surface area contributed by atoms with Crippen LogP contribution in [0.25, 0.3) is 0 Å². The summed E-state index contributed by atoms with van der Waals surface area (Å²) in [5.41, 5.74) is 0.876. The van der Waals surface area contributed by atoms with E-state index in [4.69, 9.17) is 28.2 Å². The van der Waals surface area contributed by atoms with Gasteiger partial charge in [-0.15, -0.1) is 0 Å². The minimum atomic E-state index is -0.177. The molecule has 0 aliphatic heterocycles. The fraction of sp³-hybridized carbons (Fsp3) is 0.143. The van der Waals surface area contributed by atoms with Crippen LogP contribution >= 0.6 is 23.8 Å². The second-order valence-corrected chi connectivity index (χ2v) is 4.96. The van der Waals surface area contributed by atoms with Crippen molar-refractivity contribution in [3.63, 3.8) is 0 Å². The van der Waals surface area contributed by atoms with Crippen LogP contribution in [0.15, 0.2) is 47.1 Å². The third-order valence-electron chi connectivity index (χ3n) is 2.53. The number of halogens is 1. The van der Waals surface area contributed by atoms with Crippen LogP contribution in [-0.4, -0.2) is 11.0 Å². The first-order valence-electron chi connectivity index (χ1n) is 5.98. The third-order valence-corrected chi connectivity index (χ3v) is 3.03. The van der Waals surface area contributed by atoms with Crippen LogP contribution in [0.5, 0.6) is 0 Å². The molecule has 1 amide bonds. The van der Waals surface area contributed by atoms with Gasteiger partial charge in [0.15, 0.2) is 5.11 Å². The zero-order valence-corrected chi connectivity index (χ0v) is 12.1. The molecule has 2 N–H and O–H groups in total. The summed E-state index contributed by atoms with van der Waals surface area (Å²) < 4.78 is 5.15. The molecular formula is C14H13ClN2O2S. The summed E-state index contributed by atoms with van der Waals surface area (Å²) in [5.74, 6) is 0.573. The standard InChI is InChI=1S/C14H13ClN2O2S/c15-11-5-3-10(4-6-11)8-13(18)17-14(20)16-9-12-2-1-7-19-12/h1-7H,8-9H2,(H2,16,17,18,20). The third kappa shape index (κ3) is 4.68. The number of thiocarbonyl (C=S) groups is 1. The predicted molar refractivity (Wildman–Crippen MR) is 81.4 cm³/mol. The molecule has 0 spiro atoms. The molecule has 20 heavy (non-hydrogen) atoms. The van der Waals surface area contributed by atoms with Gasteiger partial charge in [-0.05, 0) is 42.0 Å². The van der Waals surface area contributed by atoms with Gasteiger partial charge in [-0.3, -0.25) is 4.79 Å². The molecule has 0 fully saturated rings. The van der Waals surface area contributed by atoms with Crippen LogP contribution in [0.4, 0.5) is 0 Å². The fourth-order valence-electron chi connectivity index (χ4n) is 1.58. The summed E-state index contributed by atoms with van der Waals surface area (Å²) in [6, 6.07) is 10.7. The van der Waals surface area contributed by atoms with E-state index in [1.165, 1.54) is 0 Å². The van der Waals surface area contributed by atoms with E-state index in [2.05, 4.69) is 10.6 Å². The van der Waals surface area contributed by atoms with Crippen molar-refractivity contribution in [2.24, 2.45) is 0 Å². The topological polar surface area (TPSA) is 54.3 Å². The zero-order chi connectivity index (χ0) is 14.4. The Kier molecular flexibility index (Phi) is 5.15. The molecule has 0 saturated heterocycles. The summed E-state index contributed by atoms with van der Waals surface area (Å²) in [5, 5.41) is 6.43. The van der Waals surface area contributed by atoms with E-state index in [1.54, 1.807) is 36.6 Å². The summed E-state index contributed by atoms with van der Waals surface area (Å²) in [4.78, 5) is 11.8. The van der Waals surface area contributed by atoms with Gasteiger partial charge in [-0.25, -0.2) is 0 Å². The smallest absolute Gasteiger partial charge is 0.230 e. The molecule has 1 heterocycles. The van der Waals surface area contributed by atoms with Gasteiger partial charge in [0.2, 0.25) is 5.91 Å². The van der Waals surface area contributed by atoms with Crippen molar-refractivity contribution >= 4 is 34.8 Å². The number of furan rings is 1. The van der Waals surface area contributed by atoms with Crippen molar-refractivity contribution in [2.45, 2.75) is 13.0 Å². The molecule has 0 radical (unpaired) electrons. The Morgan fingerprint density at radius 3 is 2.65 bits per heavy atom. The first-order chi connectivity index (χ1) is 9.63. The van der Waals surface area contributed by atoms with E-state index in [0.29, 0.717) is 11.6 Å². The van der Waals surface area contributed by atoms with Gasteiger partial charge in [-0.2, -0.15) is 0 Å². The highest BCUT2D eigenvalue weighted by Gasteiger charge is 2.06. The lowest BCUT2D eigenvalue weighted by Gasteiger charge is -2.08. The molecule has 104 valence electrons. The average molecular weight is 309 g/mol. The van der Waals surface area contributed by atoms with Crippen molar-refractivity contribution < 1.29 is 9.21 Å². The second kappa shape index (κ2) is 7.07. The maximum absolute atomic E-state index is 11.8. The van der Waals surface area contributed by atoms with Crippen LogP contribution in [0, 0.1) is 0 Å². The minimum Gasteiger partial charge on any atom is -0.467 e. The molecule has 2 rings (SSSR count). The molecule has 0 aliphatic carbocycles. The zero-order valence-electron chi connectivity index (χ0n) is 10.6. The highest BCUT2D eigenvalue weighted by molar-refractivity contribution is 7.80. The first kappa shape index (κ1) is 14.6. The Morgan fingerprint density at radius 1 is 1.25 bits per heavy atom. The average Bonchev–Trinajstić information content (AvgIpc) is 2.92. The number of hydrogen-bond donors (Lipinski definition) is 2. The molecular weight excluding hydrogens is 296 g/mol. The molecule has 1 aromatic carbocycles. The Hall–Kier alpha value is -1.85. The lowest BCUT2D eigenvalue weighted by Crippen LogP contribution is -2.39. The monoisotopic (exact) mass is 308 g/mol. The lowest BCUT2D eigenvalue weighted by molar-refractivity contribution is -0.119. The number of amides is 1. The van der Waals surface area contributed by atoms with Gasteiger partial charge in [0, 0.05) is 5.02 Å². The molecule has 0 atom stereocenters. The summed E-state index contributed by atoms with van der Waals surface area (Å²) >= 11 is 10.8. The van der Waals surface area contributed by atoms with E-state index >= 15 is 0 Å². The quantitative estimate of drug-likeness (QED) is 0.853. The number of carbonyl (C=O) groups is 1. The van der Waals surface area contributed by atoms with E-state index in [1.807, 2.05) is 6.07 Å². The maximum atomic E-state index is 11.8. The molecule has 4 nitrogen and oxygen atoms in total. The number of benzene rings is 1. The van der Waals surface area contributed by atoms with Gasteiger partial charge < -0.3 is 15.1 Å². The van der Waals surface area contributed by atoms with Crippen molar-refractivity contribution in [1.29, 1.82) is 0 Å². The molecule has 0 bridgehead atoms. The number of nitrogens with one attached hydrogen (secondary N) is 2. The van der Waals surface area contributed by atoms with Crippen molar-refractivity contribution in [2.75, 3.05) is 0 Å². The Labute approximate surface area is 127 Å². The van der Waals surface area contributed by atoms with Crippen molar-refractivity contribution in [1.82, 2.24) is 10.6 Å². The Bertz CT molecular complexity index is 582. The molecule has 0 saturated carbocycles. The lowest BCUT2D eigenvalue weighted by atomic mass is 10.1. The first-order valence-corrected chi connectivity index (χ1v) is 6.76. The molecule has 0 aliphatic rings. The largest absolute Gasteiger partial charge is 0.467 e. The van der Waals surface area contributed by atoms with Gasteiger partial charge in [-0.1, -0.05) is 23.7 Å². The van der Waals surface area contributed by atoms with Crippen LogP contribution in [0.2, 0.25) is 5.02 Å². The highest BCUT2D eigenvalue weighted by atomic mass is 35.5. The number of hydrogen-bond acceptors (Lipinski definition) is 3. The fourth-order valence-corrected chi connectivity index (χ4v) is 1.90. The predicted octanol–water partition coefficient (Wildman–Crippen LogP) is 2.67. The SMILES string of the molecule is O=C(Cc1ccc(Cl)cc1)NC(=S)NCc1ccco1. The summed E-state index contributed by atoms with van der Waals surface area (Å²) in [6.07, 6.45) is 1.83. The molecule has 1 aromatic heterocycles. The van der Waals surface area contributed by atoms with E-state index in [-0.39, 0.29) is 17.4 Å². The van der Waals surface area contributed by atoms with Gasteiger partial charge in [0.25, 0.3) is 0 Å². The van der Waals surface area contributed by atoms with Crippen LogP contribution in [0.3, 0.4) is 0 Å². The van der Waals surface area contributed by atoms with E-state index in [9.17, 15) is 4.79 Å². The van der Waals surface area contributed by atoms with Crippen molar-refractivity contribution in [3.05, 3.63) is 59.0 Å². The maximum Gasteiger partial charge on any atom is 0.230 e. The van der Waals surface area contributed by atoms with Gasteiger partial charge in [0.05, 0.1) is 19.2 Å². The Balaban J connectivity index is 1.76. The summed E-state index contributed by atoms with van der Waals surface area (Å²) in [6.45, 7) is 0.438. The van der Waals surface area contributed by atoms with Gasteiger partial charge in [0.1, 0.15) is 5.76 Å². The second-order valence-electron chi connectivity index (χ2n) is 4.11. The van der Waals surface area contributed by atoms with Crippen LogP contribution in [0.1, 0.15) is 11.3 Å². The van der Waals surface area contributed by atoms with E-state index < -0.39 is 0 Å². The van der Waals surface area contributed by atoms with Gasteiger partial charge >= 0.3 is 0 Å². The molecule has 2 aromatic rings. The number of rotatable bonds is 4. The minimum absolute atomic E-state index is 0.177. The van der Waals surface area contributed by atoms with Crippen LogP contribution in [-0.2, 0) is 17.8 Å². The normalized spacial score (nSPS) is 10.1. The number of carbonyl (C=O) groups excluding carboxylic acids is 1.